The lowest BCUT2D eigenvalue weighted by Gasteiger charge is -2.38. The van der Waals surface area contributed by atoms with Gasteiger partial charge in [-0.3, -0.25) is 4.79 Å². The van der Waals surface area contributed by atoms with Crippen LogP contribution in [0, 0.1) is 13.8 Å². The summed E-state index contributed by atoms with van der Waals surface area (Å²) in [5.74, 6) is 0.0201. The molecule has 3 aromatic rings. The van der Waals surface area contributed by atoms with E-state index in [1.54, 1.807) is 0 Å². The van der Waals surface area contributed by atoms with Crippen molar-refractivity contribution in [2.75, 3.05) is 13.1 Å². The molecule has 5 heteroatoms. The first-order valence-corrected chi connectivity index (χ1v) is 10.1. The molecule has 1 aromatic heterocycles. The summed E-state index contributed by atoms with van der Waals surface area (Å²) in [7, 11) is 0. The summed E-state index contributed by atoms with van der Waals surface area (Å²) in [6, 6.07) is 19.7. The van der Waals surface area contributed by atoms with Crippen molar-refractivity contribution in [2.45, 2.75) is 38.7 Å². The van der Waals surface area contributed by atoms with Gasteiger partial charge in [0.25, 0.3) is 5.91 Å². The van der Waals surface area contributed by atoms with Crippen LogP contribution in [0.5, 0.6) is 0 Å². The van der Waals surface area contributed by atoms with Crippen molar-refractivity contribution in [1.82, 2.24) is 14.7 Å². The Morgan fingerprint density at radius 1 is 1.03 bits per heavy atom. The van der Waals surface area contributed by atoms with Gasteiger partial charge in [-0.15, -0.1) is 0 Å². The lowest BCUT2D eigenvalue weighted by atomic mass is 9.85. The number of rotatable bonds is 4. The predicted molar refractivity (Wildman–Crippen MR) is 113 cm³/mol. The molecular weight excluding hydrogens is 362 g/mol. The Balaban J connectivity index is 1.40. The molecule has 0 unspecified atom stereocenters. The summed E-state index contributed by atoms with van der Waals surface area (Å²) in [6.07, 6.45) is 1.82. The molecule has 1 saturated heterocycles. The Morgan fingerprint density at radius 3 is 2.28 bits per heavy atom. The zero-order chi connectivity index (χ0) is 20.4. The predicted octanol–water partition coefficient (Wildman–Crippen LogP) is 3.70. The Bertz CT molecular complexity index is 985. The molecule has 0 saturated carbocycles. The van der Waals surface area contributed by atoms with Crippen molar-refractivity contribution in [2.24, 2.45) is 0 Å². The molecule has 1 amide bonds. The third kappa shape index (κ3) is 4.25. The van der Waals surface area contributed by atoms with Gasteiger partial charge in [0, 0.05) is 30.8 Å². The first kappa shape index (κ1) is 19.4. The van der Waals surface area contributed by atoms with Crippen LogP contribution in [0.4, 0.5) is 0 Å². The van der Waals surface area contributed by atoms with E-state index in [1.165, 1.54) is 0 Å². The topological polar surface area (TPSA) is 58.4 Å². The number of aliphatic hydroxyl groups is 1. The fourth-order valence-electron chi connectivity index (χ4n) is 4.10. The normalized spacial score (nSPS) is 16.0. The molecule has 29 heavy (non-hydrogen) atoms. The number of aromatic nitrogens is 2. The van der Waals surface area contributed by atoms with E-state index in [-0.39, 0.29) is 5.91 Å². The summed E-state index contributed by atoms with van der Waals surface area (Å²) in [5, 5.41) is 15.4. The van der Waals surface area contributed by atoms with Crippen molar-refractivity contribution >= 4 is 5.91 Å². The molecule has 0 radical (unpaired) electrons. The van der Waals surface area contributed by atoms with Crippen molar-refractivity contribution in [1.29, 1.82) is 0 Å². The second-order valence-corrected chi connectivity index (χ2v) is 8.06. The summed E-state index contributed by atoms with van der Waals surface area (Å²) in [5.41, 5.74) is 4.05. The summed E-state index contributed by atoms with van der Waals surface area (Å²) < 4.78 is 1.88. The molecule has 0 bridgehead atoms. The molecule has 0 spiro atoms. The second-order valence-electron chi connectivity index (χ2n) is 8.06. The van der Waals surface area contributed by atoms with Crippen molar-refractivity contribution in [3.63, 3.8) is 0 Å². The van der Waals surface area contributed by atoms with Gasteiger partial charge in [-0.05, 0) is 62.6 Å². The second kappa shape index (κ2) is 7.84. The largest absolute Gasteiger partial charge is 0.389 e. The van der Waals surface area contributed by atoms with E-state index in [0.29, 0.717) is 37.9 Å². The van der Waals surface area contributed by atoms with E-state index in [1.807, 2.05) is 84.1 Å². The average Bonchev–Trinajstić information content (AvgIpc) is 3.07. The molecular formula is C24H27N3O2. The van der Waals surface area contributed by atoms with Gasteiger partial charge in [-0.1, -0.05) is 30.3 Å². The van der Waals surface area contributed by atoms with Crippen molar-refractivity contribution in [3.8, 4) is 5.69 Å². The zero-order valence-corrected chi connectivity index (χ0v) is 17.0. The van der Waals surface area contributed by atoms with E-state index in [0.717, 1.165) is 22.6 Å². The number of hydrogen-bond acceptors (Lipinski definition) is 3. The van der Waals surface area contributed by atoms with Gasteiger partial charge < -0.3 is 10.0 Å². The smallest absolute Gasteiger partial charge is 0.253 e. The molecule has 0 aliphatic carbocycles. The van der Waals surface area contributed by atoms with Crippen LogP contribution in [-0.2, 0) is 6.42 Å². The van der Waals surface area contributed by atoms with Crippen LogP contribution >= 0.6 is 0 Å². The Hall–Kier alpha value is -2.92. The quantitative estimate of drug-likeness (QED) is 0.740. The molecule has 1 aliphatic rings. The highest BCUT2D eigenvalue weighted by Crippen LogP contribution is 2.27. The van der Waals surface area contributed by atoms with Crippen LogP contribution < -0.4 is 0 Å². The van der Waals surface area contributed by atoms with E-state index in [2.05, 4.69) is 5.10 Å². The van der Waals surface area contributed by atoms with Gasteiger partial charge in [0.15, 0.2) is 0 Å². The minimum absolute atomic E-state index is 0.0201. The van der Waals surface area contributed by atoms with Crippen molar-refractivity contribution < 1.29 is 9.90 Å². The van der Waals surface area contributed by atoms with E-state index >= 15 is 0 Å². The molecule has 5 nitrogen and oxygen atoms in total. The molecule has 1 aliphatic heterocycles. The van der Waals surface area contributed by atoms with E-state index in [9.17, 15) is 9.90 Å². The fourth-order valence-corrected chi connectivity index (χ4v) is 4.10. The number of likely N-dealkylation sites (tertiary alicyclic amines) is 1. The third-order valence-corrected chi connectivity index (χ3v) is 5.73. The standard InChI is InChI=1S/C24H27N3O2/c1-18-16-19(2)27(25-18)22-10-8-21(9-11-22)23(28)26-14-12-24(29,13-15-26)17-20-6-4-3-5-7-20/h3-11,16,29H,12-15,17H2,1-2H3. The van der Waals surface area contributed by atoms with Crippen molar-refractivity contribution in [3.05, 3.63) is 83.2 Å². The molecule has 150 valence electrons. The maximum absolute atomic E-state index is 12.9. The Kier molecular flexibility index (Phi) is 5.24. The summed E-state index contributed by atoms with van der Waals surface area (Å²) in [4.78, 5) is 14.8. The highest BCUT2D eigenvalue weighted by atomic mass is 16.3. The average molecular weight is 389 g/mol. The summed E-state index contributed by atoms with van der Waals surface area (Å²) in [6.45, 7) is 5.13. The van der Waals surface area contributed by atoms with Crippen LogP contribution in [0.1, 0.15) is 40.2 Å². The maximum Gasteiger partial charge on any atom is 0.253 e. The van der Waals surface area contributed by atoms with E-state index in [4.69, 9.17) is 0 Å². The zero-order valence-electron chi connectivity index (χ0n) is 17.0. The molecule has 1 fully saturated rings. The number of hydrogen-bond donors (Lipinski definition) is 1. The molecule has 2 heterocycles. The number of benzene rings is 2. The monoisotopic (exact) mass is 389 g/mol. The van der Waals surface area contributed by atoms with Gasteiger partial charge in [-0.2, -0.15) is 5.10 Å². The van der Waals surface area contributed by atoms with Gasteiger partial charge in [0.1, 0.15) is 0 Å². The van der Waals surface area contributed by atoms with Gasteiger partial charge in [-0.25, -0.2) is 4.68 Å². The number of piperidine rings is 1. The van der Waals surface area contributed by atoms with Gasteiger partial charge in [0.05, 0.1) is 17.0 Å². The van der Waals surface area contributed by atoms with Crippen LogP contribution in [0.3, 0.4) is 0 Å². The lowest BCUT2D eigenvalue weighted by Crippen LogP contribution is -2.47. The number of carbonyl (C=O) groups is 1. The molecule has 2 aromatic carbocycles. The number of nitrogens with zero attached hydrogens (tertiary/aromatic N) is 3. The number of carbonyl (C=O) groups excluding carboxylic acids is 1. The fraction of sp³-hybridized carbons (Fsp3) is 0.333. The molecule has 4 rings (SSSR count). The Labute approximate surface area is 171 Å². The Morgan fingerprint density at radius 2 is 1.69 bits per heavy atom. The summed E-state index contributed by atoms with van der Waals surface area (Å²) >= 11 is 0. The van der Waals surface area contributed by atoms with Crippen LogP contribution in [0.2, 0.25) is 0 Å². The van der Waals surface area contributed by atoms with Gasteiger partial charge >= 0.3 is 0 Å². The number of amides is 1. The SMILES string of the molecule is Cc1cc(C)n(-c2ccc(C(=O)N3CCC(O)(Cc4ccccc4)CC3)cc2)n1. The van der Waals surface area contributed by atoms with Crippen LogP contribution in [0.25, 0.3) is 5.69 Å². The minimum atomic E-state index is -0.739. The molecule has 1 N–H and O–H groups in total. The highest BCUT2D eigenvalue weighted by molar-refractivity contribution is 5.94. The third-order valence-electron chi connectivity index (χ3n) is 5.73. The lowest BCUT2D eigenvalue weighted by molar-refractivity contribution is -0.0162. The highest BCUT2D eigenvalue weighted by Gasteiger charge is 2.34. The van der Waals surface area contributed by atoms with Crippen LogP contribution in [-0.4, -0.2) is 44.4 Å². The van der Waals surface area contributed by atoms with Crippen LogP contribution in [0.15, 0.2) is 60.7 Å². The van der Waals surface area contributed by atoms with Gasteiger partial charge in [0.2, 0.25) is 0 Å². The number of aryl methyl sites for hydroxylation is 2. The van der Waals surface area contributed by atoms with E-state index < -0.39 is 5.60 Å². The first-order valence-electron chi connectivity index (χ1n) is 10.1. The minimum Gasteiger partial charge on any atom is -0.389 e. The first-order chi connectivity index (χ1) is 13.9. The maximum atomic E-state index is 12.9. The molecule has 0 atom stereocenters.